The lowest BCUT2D eigenvalue weighted by Crippen LogP contribution is -2.38. The first-order valence-corrected chi connectivity index (χ1v) is 9.90. The first-order chi connectivity index (χ1) is 14.5. The molecular weight excluding hydrogens is 374 g/mol. The van der Waals surface area contributed by atoms with E-state index in [0.29, 0.717) is 13.1 Å². The molecule has 2 aromatic heterocycles. The van der Waals surface area contributed by atoms with Gasteiger partial charge >= 0.3 is 6.03 Å². The van der Waals surface area contributed by atoms with Gasteiger partial charge in [-0.3, -0.25) is 9.67 Å². The Labute approximate surface area is 175 Å². The highest BCUT2D eigenvalue weighted by molar-refractivity contribution is 6.00. The number of aryl methyl sites for hydroxylation is 2. The Morgan fingerprint density at radius 1 is 1.07 bits per heavy atom. The average Bonchev–Trinajstić information content (AvgIpc) is 3.03. The van der Waals surface area contributed by atoms with E-state index in [9.17, 15) is 4.79 Å². The van der Waals surface area contributed by atoms with Crippen molar-refractivity contribution in [3.8, 4) is 11.3 Å². The third-order valence-electron chi connectivity index (χ3n) is 5.44. The van der Waals surface area contributed by atoms with Crippen LogP contribution in [0.5, 0.6) is 0 Å². The third-order valence-corrected chi connectivity index (χ3v) is 5.44. The number of nitrogens with zero attached hydrogens (tertiary/aromatic N) is 4. The predicted octanol–water partition coefficient (Wildman–Crippen LogP) is 4.90. The molecule has 6 heteroatoms. The second kappa shape index (κ2) is 6.99. The molecule has 0 unspecified atom stereocenters. The summed E-state index contributed by atoms with van der Waals surface area (Å²) in [5.74, 6) is 0. The SMILES string of the molecule is [CH2]n1nc(-c2cc(C)nc(C)c2)c2cc3c(cc21)NC(=O)N(Cc1ccccc1)C3. The maximum Gasteiger partial charge on any atom is 0.322 e. The largest absolute Gasteiger partial charge is 0.322 e. The van der Waals surface area contributed by atoms with Gasteiger partial charge in [-0.25, -0.2) is 4.79 Å². The number of hydrogen-bond acceptors (Lipinski definition) is 3. The van der Waals surface area contributed by atoms with Crippen molar-refractivity contribution in [2.24, 2.45) is 0 Å². The van der Waals surface area contributed by atoms with Gasteiger partial charge in [0.15, 0.2) is 0 Å². The van der Waals surface area contributed by atoms with E-state index < -0.39 is 0 Å². The minimum absolute atomic E-state index is 0.0959. The van der Waals surface area contributed by atoms with Crippen molar-refractivity contribution in [1.82, 2.24) is 19.7 Å². The number of carbonyl (C=O) groups is 1. The fraction of sp³-hybridized carbons (Fsp3) is 0.167. The van der Waals surface area contributed by atoms with E-state index in [0.717, 1.165) is 50.4 Å². The summed E-state index contributed by atoms with van der Waals surface area (Å²) in [6.45, 7) is 5.08. The first-order valence-electron chi connectivity index (χ1n) is 9.90. The molecule has 2 amide bonds. The van der Waals surface area contributed by atoms with Crippen molar-refractivity contribution in [3.63, 3.8) is 0 Å². The smallest absolute Gasteiger partial charge is 0.316 e. The molecule has 1 aliphatic rings. The topological polar surface area (TPSA) is 63.1 Å². The standard InChI is InChI=1S/C24H22N5O/c1-15-9-18(10-16(2)25-15)23-20-11-19-14-29(13-17-7-5-4-6-8-17)24(30)26-21(19)12-22(20)28(3)27-23/h4-12H,3,13-14H2,1-2H3,(H,26,30). The minimum atomic E-state index is -0.0959. The fourth-order valence-corrected chi connectivity index (χ4v) is 4.10. The van der Waals surface area contributed by atoms with Crippen LogP contribution in [0.4, 0.5) is 10.5 Å². The molecule has 2 aromatic carbocycles. The lowest BCUT2D eigenvalue weighted by atomic mass is 10.0. The van der Waals surface area contributed by atoms with Gasteiger partial charge in [0, 0.05) is 41.1 Å². The van der Waals surface area contributed by atoms with Crippen LogP contribution in [0, 0.1) is 20.9 Å². The summed E-state index contributed by atoms with van der Waals surface area (Å²) in [5.41, 5.74) is 7.67. The molecule has 0 bridgehead atoms. The molecule has 0 fully saturated rings. The lowest BCUT2D eigenvalue weighted by Gasteiger charge is -2.29. The quantitative estimate of drug-likeness (QED) is 0.536. The maximum atomic E-state index is 12.7. The second-order valence-corrected chi connectivity index (χ2v) is 7.79. The minimum Gasteiger partial charge on any atom is -0.316 e. The highest BCUT2D eigenvalue weighted by Crippen LogP contribution is 2.34. The van der Waals surface area contributed by atoms with Crippen LogP contribution in [0.15, 0.2) is 54.6 Å². The summed E-state index contributed by atoms with van der Waals surface area (Å²) in [7, 11) is 4.05. The summed E-state index contributed by atoms with van der Waals surface area (Å²) in [4.78, 5) is 18.9. The number of urea groups is 1. The van der Waals surface area contributed by atoms with Crippen LogP contribution in [0.25, 0.3) is 22.2 Å². The van der Waals surface area contributed by atoms with Gasteiger partial charge in [-0.2, -0.15) is 5.10 Å². The molecule has 4 aromatic rings. The highest BCUT2D eigenvalue weighted by atomic mass is 16.2. The molecule has 3 heterocycles. The number of amides is 2. The van der Waals surface area contributed by atoms with Gasteiger partial charge in [0.1, 0.15) is 5.69 Å². The number of benzene rings is 2. The van der Waals surface area contributed by atoms with E-state index in [4.69, 9.17) is 0 Å². The Morgan fingerprint density at radius 3 is 2.53 bits per heavy atom. The zero-order valence-electron chi connectivity index (χ0n) is 17.0. The zero-order valence-corrected chi connectivity index (χ0v) is 17.0. The Bertz CT molecular complexity index is 1260. The van der Waals surface area contributed by atoms with Crippen molar-refractivity contribution in [3.05, 3.63) is 84.2 Å². The van der Waals surface area contributed by atoms with Gasteiger partial charge in [0.25, 0.3) is 0 Å². The molecule has 1 N–H and O–H groups in total. The number of anilines is 1. The molecule has 0 spiro atoms. The molecular formula is C24H22N5O. The summed E-state index contributed by atoms with van der Waals surface area (Å²) in [6, 6.07) is 18.1. The molecule has 0 saturated carbocycles. The number of aromatic nitrogens is 3. The van der Waals surface area contributed by atoms with Crippen LogP contribution in [-0.4, -0.2) is 25.7 Å². The van der Waals surface area contributed by atoms with Crippen LogP contribution in [0.2, 0.25) is 0 Å². The molecule has 0 saturated heterocycles. The van der Waals surface area contributed by atoms with E-state index in [1.54, 1.807) is 4.68 Å². The maximum absolute atomic E-state index is 12.7. The van der Waals surface area contributed by atoms with Crippen molar-refractivity contribution >= 4 is 22.6 Å². The monoisotopic (exact) mass is 396 g/mol. The molecule has 1 aliphatic heterocycles. The van der Waals surface area contributed by atoms with Crippen LogP contribution in [0.1, 0.15) is 22.5 Å². The highest BCUT2D eigenvalue weighted by Gasteiger charge is 2.25. The molecule has 149 valence electrons. The second-order valence-electron chi connectivity index (χ2n) is 7.79. The van der Waals surface area contributed by atoms with Crippen molar-refractivity contribution in [2.75, 3.05) is 5.32 Å². The predicted molar refractivity (Wildman–Crippen MR) is 118 cm³/mol. The Hall–Kier alpha value is -3.67. The Balaban J connectivity index is 1.57. The van der Waals surface area contributed by atoms with E-state index in [2.05, 4.69) is 28.5 Å². The van der Waals surface area contributed by atoms with Gasteiger partial charge in [0.05, 0.1) is 12.6 Å². The molecule has 0 aliphatic carbocycles. The number of hydrogen-bond donors (Lipinski definition) is 1. The number of nitrogens with one attached hydrogen (secondary N) is 1. The Morgan fingerprint density at radius 2 is 1.80 bits per heavy atom. The van der Waals surface area contributed by atoms with E-state index >= 15 is 0 Å². The van der Waals surface area contributed by atoms with Crippen molar-refractivity contribution in [1.29, 1.82) is 0 Å². The van der Waals surface area contributed by atoms with E-state index in [-0.39, 0.29) is 6.03 Å². The summed E-state index contributed by atoms with van der Waals surface area (Å²) >= 11 is 0. The van der Waals surface area contributed by atoms with Crippen LogP contribution >= 0.6 is 0 Å². The van der Waals surface area contributed by atoms with E-state index in [1.165, 1.54) is 0 Å². The molecule has 1 radical (unpaired) electrons. The molecule has 30 heavy (non-hydrogen) atoms. The van der Waals surface area contributed by atoms with Gasteiger partial charge in [-0.1, -0.05) is 30.3 Å². The van der Waals surface area contributed by atoms with Crippen LogP contribution in [-0.2, 0) is 13.1 Å². The number of carbonyl (C=O) groups excluding carboxylic acids is 1. The van der Waals surface area contributed by atoms with Crippen LogP contribution < -0.4 is 5.32 Å². The number of rotatable bonds is 3. The summed E-state index contributed by atoms with van der Waals surface area (Å²) in [6.07, 6.45) is 0. The van der Waals surface area contributed by atoms with Gasteiger partial charge in [-0.05, 0) is 49.2 Å². The lowest BCUT2D eigenvalue weighted by molar-refractivity contribution is 0.204. The fourth-order valence-electron chi connectivity index (χ4n) is 4.10. The van der Waals surface area contributed by atoms with Crippen molar-refractivity contribution < 1.29 is 4.79 Å². The number of fused-ring (bicyclic) bond motifs is 2. The molecule has 0 atom stereocenters. The summed E-state index contributed by atoms with van der Waals surface area (Å²) < 4.78 is 1.62. The first kappa shape index (κ1) is 18.4. The Kier molecular flexibility index (Phi) is 4.28. The van der Waals surface area contributed by atoms with Crippen LogP contribution in [0.3, 0.4) is 0 Å². The third kappa shape index (κ3) is 3.20. The summed E-state index contributed by atoms with van der Waals surface area (Å²) in [5, 5.41) is 8.71. The normalized spacial score (nSPS) is 13.4. The average molecular weight is 396 g/mol. The van der Waals surface area contributed by atoms with Crippen molar-refractivity contribution in [2.45, 2.75) is 26.9 Å². The number of pyridine rings is 1. The molecule has 5 rings (SSSR count). The van der Waals surface area contributed by atoms with E-state index in [1.807, 2.05) is 67.3 Å². The van der Waals surface area contributed by atoms with Gasteiger partial charge in [0.2, 0.25) is 0 Å². The van der Waals surface area contributed by atoms with Gasteiger partial charge < -0.3 is 10.2 Å². The molecule has 6 nitrogen and oxygen atoms in total. The van der Waals surface area contributed by atoms with Gasteiger partial charge in [-0.15, -0.1) is 0 Å². The zero-order chi connectivity index (χ0) is 20.8.